The zero-order valence-electron chi connectivity index (χ0n) is 17.9. The molecule has 2 aromatic rings. The second-order valence-electron chi connectivity index (χ2n) is 8.06. The molecule has 1 aliphatic carbocycles. The number of rotatable bonds is 5. The minimum Gasteiger partial charge on any atom is -0.325 e. The molecule has 2 aliphatic rings. The summed E-state index contributed by atoms with van der Waals surface area (Å²) in [5.74, 6) is 0.0820. The fourth-order valence-corrected chi connectivity index (χ4v) is 5.57. The predicted octanol–water partition coefficient (Wildman–Crippen LogP) is 5.61. The van der Waals surface area contributed by atoms with Crippen molar-refractivity contribution in [2.45, 2.75) is 52.0 Å². The third-order valence-corrected chi connectivity index (χ3v) is 7.38. The molecule has 0 bridgehead atoms. The molecular weight excluding hydrogens is 426 g/mol. The van der Waals surface area contributed by atoms with Crippen LogP contribution in [0.4, 0.5) is 5.69 Å². The van der Waals surface area contributed by atoms with Crippen LogP contribution in [0, 0.1) is 13.8 Å². The van der Waals surface area contributed by atoms with E-state index >= 15 is 0 Å². The molecule has 162 valence electrons. The molecule has 0 atom stereocenters. The number of carbonyl (C=O) groups excluding carboxylic acids is 2. The predicted molar refractivity (Wildman–Crippen MR) is 130 cm³/mol. The molecule has 2 amide bonds. The molecule has 0 spiro atoms. The summed E-state index contributed by atoms with van der Waals surface area (Å²) in [6.07, 6.45) is 7.31. The fraction of sp³-hybridized carbons (Fsp3) is 0.375. The Kier molecular flexibility index (Phi) is 6.92. The number of aliphatic imine (C=N–C) groups is 1. The van der Waals surface area contributed by atoms with Crippen LogP contribution in [-0.2, 0) is 9.59 Å². The van der Waals surface area contributed by atoms with Gasteiger partial charge in [-0.3, -0.25) is 14.5 Å². The minimum atomic E-state index is -0.0913. The first-order chi connectivity index (χ1) is 15.0. The molecule has 1 fully saturated rings. The number of hydrogen-bond acceptors (Lipinski definition) is 5. The van der Waals surface area contributed by atoms with E-state index in [1.54, 1.807) is 11.3 Å². The SMILES string of the molecule is Cc1ccc(NC(=O)CSC2=NC(=Cc3cccs3)C(=O)N2C2CCCCC2)c(C)c1. The molecule has 1 saturated carbocycles. The van der Waals surface area contributed by atoms with Crippen LogP contribution >= 0.6 is 23.1 Å². The monoisotopic (exact) mass is 453 g/mol. The third kappa shape index (κ3) is 5.28. The van der Waals surface area contributed by atoms with Gasteiger partial charge in [0, 0.05) is 16.6 Å². The molecule has 1 aromatic heterocycles. The van der Waals surface area contributed by atoms with Crippen molar-refractivity contribution in [3.63, 3.8) is 0 Å². The Morgan fingerprint density at radius 3 is 2.77 bits per heavy atom. The number of hydrogen-bond donors (Lipinski definition) is 1. The van der Waals surface area contributed by atoms with Gasteiger partial charge in [0.05, 0.1) is 5.75 Å². The van der Waals surface area contributed by atoms with Gasteiger partial charge in [0.15, 0.2) is 5.17 Å². The third-order valence-electron chi connectivity index (χ3n) is 5.61. The number of thiophene rings is 1. The van der Waals surface area contributed by atoms with E-state index in [1.165, 1.54) is 18.2 Å². The summed E-state index contributed by atoms with van der Waals surface area (Å²) in [5.41, 5.74) is 3.49. The summed E-state index contributed by atoms with van der Waals surface area (Å²) >= 11 is 2.93. The number of thioether (sulfide) groups is 1. The quantitative estimate of drug-likeness (QED) is 0.599. The van der Waals surface area contributed by atoms with Crippen LogP contribution in [0.2, 0.25) is 0 Å². The Labute approximate surface area is 191 Å². The van der Waals surface area contributed by atoms with E-state index in [-0.39, 0.29) is 23.6 Å². The van der Waals surface area contributed by atoms with Gasteiger partial charge in [-0.05, 0) is 55.8 Å². The number of carbonyl (C=O) groups is 2. The van der Waals surface area contributed by atoms with E-state index in [0.717, 1.165) is 47.4 Å². The van der Waals surface area contributed by atoms with Crippen molar-refractivity contribution >= 4 is 51.8 Å². The van der Waals surface area contributed by atoms with E-state index in [0.29, 0.717) is 10.9 Å². The zero-order valence-corrected chi connectivity index (χ0v) is 19.5. The smallest absolute Gasteiger partial charge is 0.278 e. The van der Waals surface area contributed by atoms with Crippen molar-refractivity contribution < 1.29 is 9.59 Å². The van der Waals surface area contributed by atoms with Crippen LogP contribution in [-0.4, -0.2) is 33.7 Å². The summed E-state index contributed by atoms with van der Waals surface area (Å²) in [7, 11) is 0. The molecule has 0 unspecified atom stereocenters. The van der Waals surface area contributed by atoms with Crippen LogP contribution in [0.15, 0.2) is 46.4 Å². The van der Waals surface area contributed by atoms with Gasteiger partial charge < -0.3 is 5.32 Å². The van der Waals surface area contributed by atoms with Crippen molar-refractivity contribution in [3.05, 3.63) is 57.4 Å². The first-order valence-electron chi connectivity index (χ1n) is 10.7. The lowest BCUT2D eigenvalue weighted by atomic mass is 9.94. The zero-order chi connectivity index (χ0) is 21.8. The minimum absolute atomic E-state index is 0.0439. The average Bonchev–Trinajstić information content (AvgIpc) is 3.37. The van der Waals surface area contributed by atoms with E-state index in [2.05, 4.69) is 16.4 Å². The molecular formula is C24H27N3O2S2. The van der Waals surface area contributed by atoms with Crippen LogP contribution < -0.4 is 5.32 Å². The van der Waals surface area contributed by atoms with Crippen LogP contribution in [0.25, 0.3) is 6.08 Å². The molecule has 7 heteroatoms. The summed E-state index contributed by atoms with van der Waals surface area (Å²) in [6, 6.07) is 10.1. The lowest BCUT2D eigenvalue weighted by molar-refractivity contribution is -0.124. The highest BCUT2D eigenvalue weighted by molar-refractivity contribution is 8.14. The largest absolute Gasteiger partial charge is 0.325 e. The maximum Gasteiger partial charge on any atom is 0.278 e. The molecule has 5 nitrogen and oxygen atoms in total. The summed E-state index contributed by atoms with van der Waals surface area (Å²) in [6.45, 7) is 4.02. The van der Waals surface area contributed by atoms with Gasteiger partial charge in [-0.2, -0.15) is 0 Å². The van der Waals surface area contributed by atoms with Crippen molar-refractivity contribution in [2.24, 2.45) is 4.99 Å². The normalized spacial score (nSPS) is 18.5. The number of amides is 2. The Morgan fingerprint density at radius 1 is 1.26 bits per heavy atom. The number of anilines is 1. The molecule has 4 rings (SSSR count). The van der Waals surface area contributed by atoms with Crippen molar-refractivity contribution in [3.8, 4) is 0 Å². The topological polar surface area (TPSA) is 61.8 Å². The Bertz CT molecular complexity index is 1020. The summed E-state index contributed by atoms with van der Waals surface area (Å²) in [5, 5.41) is 5.62. The maximum absolute atomic E-state index is 13.2. The Hall–Kier alpha value is -2.38. The molecule has 31 heavy (non-hydrogen) atoms. The van der Waals surface area contributed by atoms with Gasteiger partial charge in [-0.25, -0.2) is 4.99 Å². The number of benzene rings is 1. The fourth-order valence-electron chi connectivity index (χ4n) is 4.05. The lowest BCUT2D eigenvalue weighted by Crippen LogP contribution is -2.41. The number of amidine groups is 1. The highest BCUT2D eigenvalue weighted by Gasteiger charge is 2.36. The standard InChI is InChI=1S/C24H27N3O2S2/c1-16-10-11-20(17(2)13-16)25-22(28)15-31-24-26-21(14-19-9-6-12-30-19)23(29)27(24)18-7-4-3-5-8-18/h6,9-14,18H,3-5,7-8,15H2,1-2H3,(H,25,28). The summed E-state index contributed by atoms with van der Waals surface area (Å²) < 4.78 is 0. The second kappa shape index (κ2) is 9.83. The molecule has 0 radical (unpaired) electrons. The van der Waals surface area contributed by atoms with E-state index < -0.39 is 0 Å². The van der Waals surface area contributed by atoms with E-state index in [4.69, 9.17) is 0 Å². The number of aryl methyl sites for hydroxylation is 2. The molecule has 2 heterocycles. The molecule has 0 saturated heterocycles. The highest BCUT2D eigenvalue weighted by Crippen LogP contribution is 2.32. The Morgan fingerprint density at radius 2 is 2.06 bits per heavy atom. The van der Waals surface area contributed by atoms with E-state index in [1.807, 2.05) is 54.5 Å². The van der Waals surface area contributed by atoms with Crippen molar-refractivity contribution in [2.75, 3.05) is 11.1 Å². The van der Waals surface area contributed by atoms with Gasteiger partial charge in [-0.15, -0.1) is 11.3 Å². The first kappa shape index (κ1) is 21.8. The summed E-state index contributed by atoms with van der Waals surface area (Å²) in [4.78, 5) is 33.3. The Balaban J connectivity index is 1.48. The molecule has 1 N–H and O–H groups in total. The van der Waals surface area contributed by atoms with E-state index in [9.17, 15) is 9.59 Å². The van der Waals surface area contributed by atoms with Gasteiger partial charge in [-0.1, -0.05) is 54.8 Å². The highest BCUT2D eigenvalue weighted by atomic mass is 32.2. The van der Waals surface area contributed by atoms with Crippen LogP contribution in [0.1, 0.15) is 48.1 Å². The lowest BCUT2D eigenvalue weighted by Gasteiger charge is -2.31. The average molecular weight is 454 g/mol. The number of nitrogens with one attached hydrogen (secondary N) is 1. The van der Waals surface area contributed by atoms with Gasteiger partial charge in [0.2, 0.25) is 5.91 Å². The maximum atomic E-state index is 13.2. The van der Waals surface area contributed by atoms with Crippen molar-refractivity contribution in [1.29, 1.82) is 0 Å². The van der Waals surface area contributed by atoms with Gasteiger partial charge in [0.1, 0.15) is 5.70 Å². The first-order valence-corrected chi connectivity index (χ1v) is 12.5. The molecule has 1 aliphatic heterocycles. The van der Waals surface area contributed by atoms with Crippen molar-refractivity contribution in [1.82, 2.24) is 4.90 Å². The van der Waals surface area contributed by atoms with Gasteiger partial charge in [0.25, 0.3) is 5.91 Å². The molecule has 1 aromatic carbocycles. The van der Waals surface area contributed by atoms with Crippen LogP contribution in [0.5, 0.6) is 0 Å². The number of nitrogens with zero attached hydrogens (tertiary/aromatic N) is 2. The second-order valence-corrected chi connectivity index (χ2v) is 9.98. The van der Waals surface area contributed by atoms with Gasteiger partial charge >= 0.3 is 0 Å². The van der Waals surface area contributed by atoms with Crippen LogP contribution in [0.3, 0.4) is 0 Å².